The number of nitrogens with zero attached hydrogens (tertiary/aromatic N) is 6. The van der Waals surface area contributed by atoms with Crippen LogP contribution in [0.4, 0.5) is 11.6 Å². The SMILES string of the molecule is CCOC(COc1cnc(Oc2ccc3ncnc(Nc4ccn(C)n4)c3c2)nc1)OCC. The summed E-state index contributed by atoms with van der Waals surface area (Å²) in [7, 11) is 1.85. The number of fused-ring (bicyclic) bond motifs is 1. The quantitative estimate of drug-likeness (QED) is 0.340. The van der Waals surface area contributed by atoms with Crippen LogP contribution in [0.5, 0.6) is 17.5 Å². The monoisotopic (exact) mass is 451 g/mol. The van der Waals surface area contributed by atoms with Gasteiger partial charge in [0.25, 0.3) is 0 Å². The molecule has 0 amide bonds. The van der Waals surface area contributed by atoms with Crippen LogP contribution in [0, 0.1) is 0 Å². The summed E-state index contributed by atoms with van der Waals surface area (Å²) in [5.74, 6) is 2.33. The number of anilines is 2. The van der Waals surface area contributed by atoms with Gasteiger partial charge in [0.1, 0.15) is 24.5 Å². The van der Waals surface area contributed by atoms with E-state index in [2.05, 4.69) is 30.4 Å². The van der Waals surface area contributed by atoms with Gasteiger partial charge in [-0.05, 0) is 32.0 Å². The van der Waals surface area contributed by atoms with Gasteiger partial charge in [0, 0.05) is 37.9 Å². The zero-order valence-corrected chi connectivity index (χ0v) is 18.6. The number of nitrogens with one attached hydrogen (secondary N) is 1. The third-order valence-corrected chi connectivity index (χ3v) is 4.47. The molecule has 11 heteroatoms. The standard InChI is InChI=1S/C22H25N7O4/c1-4-30-20(31-5-2)13-32-16-11-23-22(24-12-16)33-15-6-7-18-17(10-15)21(26-14-25-18)27-19-8-9-29(3)28-19/h6-12,14,20H,4-5,13H2,1-3H3,(H,25,26,27,28). The molecule has 0 saturated heterocycles. The highest BCUT2D eigenvalue weighted by molar-refractivity contribution is 5.91. The molecule has 3 aromatic heterocycles. The third-order valence-electron chi connectivity index (χ3n) is 4.47. The number of aryl methyl sites for hydroxylation is 1. The number of aromatic nitrogens is 6. The van der Waals surface area contributed by atoms with Gasteiger partial charge in [-0.2, -0.15) is 15.1 Å². The van der Waals surface area contributed by atoms with Crippen molar-refractivity contribution in [2.24, 2.45) is 7.05 Å². The first-order valence-corrected chi connectivity index (χ1v) is 10.5. The molecule has 0 fully saturated rings. The third kappa shape index (κ3) is 5.90. The number of ether oxygens (including phenoxy) is 4. The topological polar surface area (TPSA) is 118 Å². The van der Waals surface area contributed by atoms with Crippen LogP contribution in [0.2, 0.25) is 0 Å². The van der Waals surface area contributed by atoms with E-state index in [9.17, 15) is 0 Å². The van der Waals surface area contributed by atoms with E-state index < -0.39 is 6.29 Å². The lowest BCUT2D eigenvalue weighted by Crippen LogP contribution is -2.25. The fraction of sp³-hybridized carbons (Fsp3) is 0.318. The summed E-state index contributed by atoms with van der Waals surface area (Å²) >= 11 is 0. The van der Waals surface area contributed by atoms with Crippen LogP contribution < -0.4 is 14.8 Å². The van der Waals surface area contributed by atoms with E-state index in [-0.39, 0.29) is 12.6 Å². The number of hydrogen-bond donors (Lipinski definition) is 1. The number of benzene rings is 1. The van der Waals surface area contributed by atoms with Gasteiger partial charge < -0.3 is 24.3 Å². The van der Waals surface area contributed by atoms with Crippen LogP contribution in [0.15, 0.2) is 49.2 Å². The van der Waals surface area contributed by atoms with Gasteiger partial charge in [0.2, 0.25) is 0 Å². The molecule has 1 N–H and O–H groups in total. The summed E-state index contributed by atoms with van der Waals surface area (Å²) in [5.41, 5.74) is 0.763. The van der Waals surface area contributed by atoms with Crippen molar-refractivity contribution >= 4 is 22.5 Å². The first-order chi connectivity index (χ1) is 16.1. The predicted octanol–water partition coefficient (Wildman–Crippen LogP) is 3.47. The molecule has 0 aliphatic carbocycles. The maximum absolute atomic E-state index is 5.82. The Hall–Kier alpha value is -3.83. The molecule has 0 saturated carbocycles. The second-order valence-electron chi connectivity index (χ2n) is 6.86. The number of hydrogen-bond acceptors (Lipinski definition) is 10. The molecule has 4 aromatic rings. The van der Waals surface area contributed by atoms with Crippen molar-refractivity contribution < 1.29 is 18.9 Å². The normalized spacial score (nSPS) is 11.2. The molecule has 3 heterocycles. The Labute approximate surface area is 190 Å². The first-order valence-electron chi connectivity index (χ1n) is 10.5. The summed E-state index contributed by atoms with van der Waals surface area (Å²) in [6.45, 7) is 5.11. The molecule has 0 aliphatic rings. The van der Waals surface area contributed by atoms with E-state index in [1.807, 2.05) is 45.3 Å². The molecule has 0 bridgehead atoms. The summed E-state index contributed by atoms with van der Waals surface area (Å²) in [6, 6.07) is 7.50. The van der Waals surface area contributed by atoms with Gasteiger partial charge >= 0.3 is 6.01 Å². The number of rotatable bonds is 11. The predicted molar refractivity (Wildman–Crippen MR) is 121 cm³/mol. The molecule has 0 spiro atoms. The van der Waals surface area contributed by atoms with Crippen LogP contribution in [-0.4, -0.2) is 55.8 Å². The molecule has 172 valence electrons. The molecular formula is C22H25N7O4. The molecule has 0 radical (unpaired) electrons. The van der Waals surface area contributed by atoms with E-state index in [4.69, 9.17) is 18.9 Å². The highest BCUT2D eigenvalue weighted by Crippen LogP contribution is 2.28. The van der Waals surface area contributed by atoms with Gasteiger partial charge in [-0.1, -0.05) is 0 Å². The fourth-order valence-corrected chi connectivity index (χ4v) is 3.02. The van der Waals surface area contributed by atoms with Gasteiger partial charge in [-0.15, -0.1) is 0 Å². The molecule has 4 rings (SSSR count). The second-order valence-corrected chi connectivity index (χ2v) is 6.86. The second kappa shape index (κ2) is 10.7. The Morgan fingerprint density at radius 3 is 2.45 bits per heavy atom. The minimum Gasteiger partial charge on any atom is -0.485 e. The van der Waals surface area contributed by atoms with Crippen LogP contribution in [-0.2, 0) is 16.5 Å². The Morgan fingerprint density at radius 1 is 0.970 bits per heavy atom. The first kappa shape index (κ1) is 22.4. The Kier molecular flexibility index (Phi) is 7.22. The van der Waals surface area contributed by atoms with Crippen molar-refractivity contribution in [2.45, 2.75) is 20.1 Å². The van der Waals surface area contributed by atoms with Gasteiger partial charge in [0.05, 0.1) is 17.9 Å². The van der Waals surface area contributed by atoms with Gasteiger partial charge in [0.15, 0.2) is 17.9 Å². The summed E-state index contributed by atoms with van der Waals surface area (Å²) in [5, 5.41) is 8.30. The van der Waals surface area contributed by atoms with E-state index in [0.29, 0.717) is 36.3 Å². The van der Waals surface area contributed by atoms with Crippen molar-refractivity contribution in [1.82, 2.24) is 29.7 Å². The highest BCUT2D eigenvalue weighted by atomic mass is 16.7. The smallest absolute Gasteiger partial charge is 0.322 e. The average Bonchev–Trinajstić information content (AvgIpc) is 3.23. The van der Waals surface area contributed by atoms with E-state index in [1.165, 1.54) is 18.7 Å². The van der Waals surface area contributed by atoms with Crippen molar-refractivity contribution in [1.29, 1.82) is 0 Å². The summed E-state index contributed by atoms with van der Waals surface area (Å²) < 4.78 is 24.1. The molecule has 0 atom stereocenters. The zero-order chi connectivity index (χ0) is 23.0. The Morgan fingerprint density at radius 2 is 1.76 bits per heavy atom. The molecule has 11 nitrogen and oxygen atoms in total. The maximum Gasteiger partial charge on any atom is 0.322 e. The molecule has 1 aromatic carbocycles. The largest absolute Gasteiger partial charge is 0.485 e. The van der Waals surface area contributed by atoms with E-state index in [1.54, 1.807) is 10.7 Å². The minimum atomic E-state index is -0.440. The molecular weight excluding hydrogens is 426 g/mol. The van der Waals surface area contributed by atoms with Crippen LogP contribution >= 0.6 is 0 Å². The van der Waals surface area contributed by atoms with Crippen LogP contribution in [0.3, 0.4) is 0 Å². The Bertz CT molecular complexity index is 1180. The minimum absolute atomic E-state index is 0.184. The highest BCUT2D eigenvalue weighted by Gasteiger charge is 2.11. The average molecular weight is 451 g/mol. The van der Waals surface area contributed by atoms with E-state index in [0.717, 1.165) is 10.9 Å². The lowest BCUT2D eigenvalue weighted by Gasteiger charge is -2.17. The summed E-state index contributed by atoms with van der Waals surface area (Å²) in [4.78, 5) is 17.1. The Balaban J connectivity index is 1.44. The lowest BCUT2D eigenvalue weighted by molar-refractivity contribution is -0.152. The van der Waals surface area contributed by atoms with Crippen molar-refractivity contribution in [3.05, 3.63) is 49.2 Å². The fourth-order valence-electron chi connectivity index (χ4n) is 3.02. The van der Waals surface area contributed by atoms with Crippen LogP contribution in [0.25, 0.3) is 10.9 Å². The molecule has 0 aliphatic heterocycles. The van der Waals surface area contributed by atoms with Crippen LogP contribution in [0.1, 0.15) is 13.8 Å². The molecule has 33 heavy (non-hydrogen) atoms. The van der Waals surface area contributed by atoms with Crippen molar-refractivity contribution in [3.63, 3.8) is 0 Å². The summed E-state index contributed by atoms with van der Waals surface area (Å²) in [6.07, 6.45) is 5.98. The van der Waals surface area contributed by atoms with Gasteiger partial charge in [-0.25, -0.2) is 9.97 Å². The van der Waals surface area contributed by atoms with Crippen molar-refractivity contribution in [3.8, 4) is 17.5 Å². The van der Waals surface area contributed by atoms with E-state index >= 15 is 0 Å². The lowest BCUT2D eigenvalue weighted by atomic mass is 10.2. The van der Waals surface area contributed by atoms with Gasteiger partial charge in [-0.3, -0.25) is 4.68 Å². The zero-order valence-electron chi connectivity index (χ0n) is 18.6. The maximum atomic E-state index is 5.82. The van der Waals surface area contributed by atoms with Crippen molar-refractivity contribution in [2.75, 3.05) is 25.1 Å². The molecule has 0 unspecified atom stereocenters.